The van der Waals surface area contributed by atoms with Crippen molar-refractivity contribution in [2.75, 3.05) is 19.6 Å². The van der Waals surface area contributed by atoms with Gasteiger partial charge in [-0.2, -0.15) is 0 Å². The Balaban J connectivity index is 1.62. The maximum absolute atomic E-state index is 5.42. The first-order chi connectivity index (χ1) is 8.90. The Hall–Kier alpha value is -0.900. The SMILES string of the molecule is CCCNCCCNCc1ccc2c(c1)COC2. The van der Waals surface area contributed by atoms with Gasteiger partial charge in [0.15, 0.2) is 0 Å². The summed E-state index contributed by atoms with van der Waals surface area (Å²) in [5.41, 5.74) is 4.07. The van der Waals surface area contributed by atoms with E-state index in [1.54, 1.807) is 0 Å². The summed E-state index contributed by atoms with van der Waals surface area (Å²) >= 11 is 0. The van der Waals surface area contributed by atoms with Gasteiger partial charge in [-0.25, -0.2) is 0 Å². The summed E-state index contributed by atoms with van der Waals surface area (Å²) in [6.45, 7) is 8.04. The average molecular weight is 248 g/mol. The molecule has 0 amide bonds. The van der Waals surface area contributed by atoms with E-state index in [-0.39, 0.29) is 0 Å². The molecule has 18 heavy (non-hydrogen) atoms. The van der Waals surface area contributed by atoms with Crippen molar-refractivity contribution in [2.24, 2.45) is 0 Å². The first kappa shape index (κ1) is 13.5. The van der Waals surface area contributed by atoms with E-state index in [9.17, 15) is 0 Å². The summed E-state index contributed by atoms with van der Waals surface area (Å²) in [5, 5.41) is 6.90. The van der Waals surface area contributed by atoms with Gasteiger partial charge in [0.25, 0.3) is 0 Å². The van der Waals surface area contributed by atoms with Crippen LogP contribution >= 0.6 is 0 Å². The van der Waals surface area contributed by atoms with E-state index in [2.05, 4.69) is 35.8 Å². The first-order valence-electron chi connectivity index (χ1n) is 7.00. The van der Waals surface area contributed by atoms with E-state index in [1.807, 2.05) is 0 Å². The maximum atomic E-state index is 5.42. The van der Waals surface area contributed by atoms with Crippen molar-refractivity contribution in [2.45, 2.75) is 39.5 Å². The molecule has 1 heterocycles. The Morgan fingerprint density at radius 3 is 2.78 bits per heavy atom. The summed E-state index contributed by atoms with van der Waals surface area (Å²) < 4.78 is 5.42. The van der Waals surface area contributed by atoms with E-state index >= 15 is 0 Å². The molecule has 100 valence electrons. The van der Waals surface area contributed by atoms with E-state index < -0.39 is 0 Å². The summed E-state index contributed by atoms with van der Waals surface area (Å²) in [6.07, 6.45) is 2.40. The second-order valence-electron chi connectivity index (χ2n) is 4.88. The third-order valence-corrected chi connectivity index (χ3v) is 3.25. The van der Waals surface area contributed by atoms with Gasteiger partial charge in [0.2, 0.25) is 0 Å². The van der Waals surface area contributed by atoms with Gasteiger partial charge < -0.3 is 15.4 Å². The minimum absolute atomic E-state index is 0.782. The molecule has 1 aliphatic rings. The molecule has 0 aliphatic carbocycles. The zero-order chi connectivity index (χ0) is 12.6. The van der Waals surface area contributed by atoms with E-state index in [4.69, 9.17) is 4.74 Å². The number of fused-ring (bicyclic) bond motifs is 1. The number of benzene rings is 1. The lowest BCUT2D eigenvalue weighted by atomic mass is 10.1. The molecule has 1 aliphatic heterocycles. The molecule has 0 bridgehead atoms. The van der Waals surface area contributed by atoms with E-state index in [0.29, 0.717) is 0 Å². The van der Waals surface area contributed by atoms with Crippen LogP contribution in [0.1, 0.15) is 36.5 Å². The highest BCUT2D eigenvalue weighted by molar-refractivity contribution is 5.33. The van der Waals surface area contributed by atoms with Crippen LogP contribution in [0.25, 0.3) is 0 Å². The van der Waals surface area contributed by atoms with Gasteiger partial charge in [-0.15, -0.1) is 0 Å². The standard InChI is InChI=1S/C15H24N2O/c1-2-6-16-7-3-8-17-10-13-4-5-14-11-18-12-15(14)9-13/h4-5,9,16-17H,2-3,6-8,10-12H2,1H3. The number of nitrogens with one attached hydrogen (secondary N) is 2. The quantitative estimate of drug-likeness (QED) is 0.692. The third kappa shape index (κ3) is 4.09. The van der Waals surface area contributed by atoms with Crippen molar-refractivity contribution in [3.63, 3.8) is 0 Å². The molecule has 0 saturated carbocycles. The summed E-state index contributed by atoms with van der Waals surface area (Å²) in [6, 6.07) is 6.67. The minimum atomic E-state index is 0.782. The molecule has 0 fully saturated rings. The topological polar surface area (TPSA) is 33.3 Å². The van der Waals surface area contributed by atoms with Crippen LogP contribution in [0, 0.1) is 0 Å². The molecule has 1 aromatic rings. The minimum Gasteiger partial charge on any atom is -0.372 e. The Bertz CT molecular complexity index is 366. The fraction of sp³-hybridized carbons (Fsp3) is 0.600. The lowest BCUT2D eigenvalue weighted by molar-refractivity contribution is 0.134. The maximum Gasteiger partial charge on any atom is 0.0725 e. The second kappa shape index (κ2) is 7.52. The van der Waals surface area contributed by atoms with Gasteiger partial charge in [-0.3, -0.25) is 0 Å². The van der Waals surface area contributed by atoms with Crippen LogP contribution in [0.3, 0.4) is 0 Å². The van der Waals surface area contributed by atoms with Gasteiger partial charge in [-0.1, -0.05) is 25.1 Å². The smallest absolute Gasteiger partial charge is 0.0725 e. The van der Waals surface area contributed by atoms with Gasteiger partial charge in [0.05, 0.1) is 13.2 Å². The summed E-state index contributed by atoms with van der Waals surface area (Å²) in [5.74, 6) is 0. The largest absolute Gasteiger partial charge is 0.372 e. The van der Waals surface area contributed by atoms with Crippen molar-refractivity contribution in [3.8, 4) is 0 Å². The molecule has 0 aromatic heterocycles. The van der Waals surface area contributed by atoms with Gasteiger partial charge in [0.1, 0.15) is 0 Å². The van der Waals surface area contributed by atoms with E-state index in [0.717, 1.165) is 39.4 Å². The van der Waals surface area contributed by atoms with Crippen molar-refractivity contribution >= 4 is 0 Å². The molecule has 0 spiro atoms. The van der Waals surface area contributed by atoms with Gasteiger partial charge in [0, 0.05) is 6.54 Å². The number of ether oxygens (including phenoxy) is 1. The van der Waals surface area contributed by atoms with E-state index in [1.165, 1.54) is 29.5 Å². The molecule has 2 rings (SSSR count). The summed E-state index contributed by atoms with van der Waals surface area (Å²) in [4.78, 5) is 0. The van der Waals surface area contributed by atoms with Crippen molar-refractivity contribution in [3.05, 3.63) is 34.9 Å². The molecule has 3 nitrogen and oxygen atoms in total. The van der Waals surface area contributed by atoms with Crippen molar-refractivity contribution in [1.82, 2.24) is 10.6 Å². The highest BCUT2D eigenvalue weighted by Crippen LogP contribution is 2.20. The van der Waals surface area contributed by atoms with Crippen LogP contribution in [0.4, 0.5) is 0 Å². The molecule has 0 saturated heterocycles. The lowest BCUT2D eigenvalue weighted by Crippen LogP contribution is -2.22. The molecule has 0 atom stereocenters. The molecule has 3 heteroatoms. The Morgan fingerprint density at radius 1 is 1.06 bits per heavy atom. The van der Waals surface area contributed by atoms with Crippen LogP contribution in [-0.4, -0.2) is 19.6 Å². The normalized spacial score (nSPS) is 13.8. The predicted octanol–water partition coefficient (Wildman–Crippen LogP) is 2.20. The fourth-order valence-corrected chi connectivity index (χ4v) is 2.21. The van der Waals surface area contributed by atoms with Crippen LogP contribution in [0.2, 0.25) is 0 Å². The zero-order valence-electron chi connectivity index (χ0n) is 11.3. The molecular formula is C15H24N2O. The molecule has 0 radical (unpaired) electrons. The highest BCUT2D eigenvalue weighted by Gasteiger charge is 2.10. The zero-order valence-corrected chi connectivity index (χ0v) is 11.3. The average Bonchev–Trinajstić information content (AvgIpc) is 2.85. The number of rotatable bonds is 8. The lowest BCUT2D eigenvalue weighted by Gasteiger charge is -2.07. The van der Waals surface area contributed by atoms with Crippen LogP contribution in [0.15, 0.2) is 18.2 Å². The van der Waals surface area contributed by atoms with Crippen molar-refractivity contribution in [1.29, 1.82) is 0 Å². The Labute approximate surface area is 110 Å². The first-order valence-corrected chi connectivity index (χ1v) is 7.00. The van der Waals surface area contributed by atoms with Crippen molar-refractivity contribution < 1.29 is 4.74 Å². The molecule has 2 N–H and O–H groups in total. The Morgan fingerprint density at radius 2 is 1.89 bits per heavy atom. The number of hydrogen-bond donors (Lipinski definition) is 2. The van der Waals surface area contributed by atoms with Crippen LogP contribution in [0.5, 0.6) is 0 Å². The fourth-order valence-electron chi connectivity index (χ4n) is 2.21. The monoisotopic (exact) mass is 248 g/mol. The van der Waals surface area contributed by atoms with Crippen LogP contribution in [-0.2, 0) is 24.5 Å². The predicted molar refractivity (Wildman–Crippen MR) is 74.4 cm³/mol. The van der Waals surface area contributed by atoms with Gasteiger partial charge >= 0.3 is 0 Å². The molecule has 0 unspecified atom stereocenters. The third-order valence-electron chi connectivity index (χ3n) is 3.25. The second-order valence-corrected chi connectivity index (χ2v) is 4.88. The van der Waals surface area contributed by atoms with Gasteiger partial charge in [-0.05, 0) is 49.2 Å². The molecule has 1 aromatic carbocycles. The highest BCUT2D eigenvalue weighted by atomic mass is 16.5. The number of hydrogen-bond acceptors (Lipinski definition) is 3. The van der Waals surface area contributed by atoms with Crippen LogP contribution < -0.4 is 10.6 Å². The molecular weight excluding hydrogens is 224 g/mol. The summed E-state index contributed by atoms with van der Waals surface area (Å²) in [7, 11) is 0. The Kier molecular flexibility index (Phi) is 5.65.